The van der Waals surface area contributed by atoms with Crippen LogP contribution in [0.1, 0.15) is 50.1 Å². The summed E-state index contributed by atoms with van der Waals surface area (Å²) in [7, 11) is 0. The molecule has 1 atom stereocenters. The van der Waals surface area contributed by atoms with Crippen molar-refractivity contribution in [2.45, 2.75) is 50.7 Å². The monoisotopic (exact) mass is 297 g/mol. The molecule has 0 spiro atoms. The largest absolute Gasteiger partial charge is 0.390 e. The van der Waals surface area contributed by atoms with Gasteiger partial charge in [-0.25, -0.2) is 0 Å². The van der Waals surface area contributed by atoms with Gasteiger partial charge in [-0.2, -0.15) is 13.2 Å². The second kappa shape index (κ2) is 7.64. The van der Waals surface area contributed by atoms with Gasteiger partial charge in [0.2, 0.25) is 0 Å². The van der Waals surface area contributed by atoms with Gasteiger partial charge in [0.15, 0.2) is 0 Å². The zero-order valence-corrected chi connectivity index (χ0v) is 12.1. The minimum Gasteiger partial charge on any atom is -0.309 e. The van der Waals surface area contributed by atoms with Gasteiger partial charge in [-0.1, -0.05) is 42.0 Å². The van der Waals surface area contributed by atoms with Crippen molar-refractivity contribution in [1.29, 1.82) is 0 Å². The standard InChI is InChI=1S/C17H22F3N/c18-17(19,20)13-16(15-9-5-2-6-10-15)21-12-11-14-7-3-1-4-8-14/h2,5-7,9-10,16,21H,1,3-4,8,11-13H2. The molecule has 1 unspecified atom stereocenters. The van der Waals surface area contributed by atoms with Gasteiger partial charge in [0.1, 0.15) is 0 Å². The van der Waals surface area contributed by atoms with Crippen LogP contribution in [0.5, 0.6) is 0 Å². The third kappa shape index (κ3) is 5.92. The molecule has 1 aromatic carbocycles. The maximum atomic E-state index is 12.7. The summed E-state index contributed by atoms with van der Waals surface area (Å²) >= 11 is 0. The summed E-state index contributed by atoms with van der Waals surface area (Å²) in [4.78, 5) is 0. The highest BCUT2D eigenvalue weighted by molar-refractivity contribution is 5.19. The summed E-state index contributed by atoms with van der Waals surface area (Å²) in [5, 5.41) is 3.08. The Morgan fingerprint density at radius 2 is 1.86 bits per heavy atom. The fraction of sp³-hybridized carbons (Fsp3) is 0.529. The molecule has 2 rings (SSSR count). The van der Waals surface area contributed by atoms with Crippen LogP contribution in [0.15, 0.2) is 42.0 Å². The minimum atomic E-state index is -4.16. The molecule has 4 heteroatoms. The molecule has 116 valence electrons. The average Bonchev–Trinajstić information content (AvgIpc) is 2.47. The zero-order chi connectivity index (χ0) is 15.1. The molecule has 0 radical (unpaired) electrons. The molecule has 1 aliphatic rings. The molecule has 0 bridgehead atoms. The molecule has 0 aromatic heterocycles. The number of allylic oxidation sites excluding steroid dienone is 1. The minimum absolute atomic E-state index is 0.599. The van der Waals surface area contributed by atoms with E-state index in [9.17, 15) is 13.2 Å². The summed E-state index contributed by atoms with van der Waals surface area (Å²) in [5.74, 6) is 0. The van der Waals surface area contributed by atoms with Crippen molar-refractivity contribution in [2.75, 3.05) is 6.54 Å². The van der Waals surface area contributed by atoms with E-state index in [2.05, 4.69) is 11.4 Å². The molecule has 0 aliphatic heterocycles. The number of halogens is 3. The zero-order valence-electron chi connectivity index (χ0n) is 12.1. The van der Waals surface area contributed by atoms with Crippen molar-refractivity contribution in [2.24, 2.45) is 0 Å². The molecular formula is C17H22F3N. The van der Waals surface area contributed by atoms with Crippen LogP contribution in [0, 0.1) is 0 Å². The number of alkyl halides is 3. The summed E-state index contributed by atoms with van der Waals surface area (Å²) in [5.41, 5.74) is 2.08. The van der Waals surface area contributed by atoms with Gasteiger partial charge in [-0.15, -0.1) is 0 Å². The lowest BCUT2D eigenvalue weighted by Gasteiger charge is -2.21. The van der Waals surface area contributed by atoms with E-state index >= 15 is 0 Å². The fourth-order valence-corrected chi connectivity index (χ4v) is 2.76. The van der Waals surface area contributed by atoms with Gasteiger partial charge >= 0.3 is 6.18 Å². The molecule has 1 aromatic rings. The molecule has 0 amide bonds. The fourth-order valence-electron chi connectivity index (χ4n) is 2.76. The van der Waals surface area contributed by atoms with Gasteiger partial charge in [-0.05, 0) is 44.2 Å². The number of hydrogen-bond acceptors (Lipinski definition) is 1. The number of benzene rings is 1. The number of rotatable bonds is 6. The third-order valence-corrected chi connectivity index (χ3v) is 3.86. The number of hydrogen-bond donors (Lipinski definition) is 1. The Hall–Kier alpha value is -1.29. The molecule has 0 saturated carbocycles. The molecular weight excluding hydrogens is 275 g/mol. The molecule has 21 heavy (non-hydrogen) atoms. The van der Waals surface area contributed by atoms with Gasteiger partial charge in [-0.3, -0.25) is 0 Å². The Kier molecular flexibility index (Phi) is 5.85. The van der Waals surface area contributed by atoms with Gasteiger partial charge in [0, 0.05) is 6.04 Å². The average molecular weight is 297 g/mol. The molecule has 0 heterocycles. The van der Waals surface area contributed by atoms with Crippen LogP contribution < -0.4 is 5.32 Å². The Labute approximate surface area is 124 Å². The van der Waals surface area contributed by atoms with Crippen molar-refractivity contribution < 1.29 is 13.2 Å². The quantitative estimate of drug-likeness (QED) is 0.715. The van der Waals surface area contributed by atoms with Crippen molar-refractivity contribution in [3.8, 4) is 0 Å². The van der Waals surface area contributed by atoms with Crippen LogP contribution in [0.3, 0.4) is 0 Å². The van der Waals surface area contributed by atoms with Gasteiger partial charge < -0.3 is 5.32 Å². The maximum absolute atomic E-state index is 12.7. The first-order valence-corrected chi connectivity index (χ1v) is 7.57. The van der Waals surface area contributed by atoms with Crippen LogP contribution >= 0.6 is 0 Å². The van der Waals surface area contributed by atoms with E-state index in [4.69, 9.17) is 0 Å². The van der Waals surface area contributed by atoms with E-state index < -0.39 is 18.6 Å². The highest BCUT2D eigenvalue weighted by Gasteiger charge is 2.32. The SMILES string of the molecule is FC(F)(F)CC(NCCC1=CCCCC1)c1ccccc1. The molecule has 1 nitrogen and oxygen atoms in total. The normalized spacial score (nSPS) is 17.4. The van der Waals surface area contributed by atoms with Crippen molar-refractivity contribution in [3.05, 3.63) is 47.5 Å². The highest BCUT2D eigenvalue weighted by atomic mass is 19.4. The van der Waals surface area contributed by atoms with E-state index in [0.29, 0.717) is 12.1 Å². The van der Waals surface area contributed by atoms with E-state index in [1.807, 2.05) is 6.07 Å². The summed E-state index contributed by atoms with van der Waals surface area (Å²) in [6.07, 6.45) is 2.76. The highest BCUT2D eigenvalue weighted by Crippen LogP contribution is 2.29. The van der Waals surface area contributed by atoms with Crippen LogP contribution in [-0.2, 0) is 0 Å². The topological polar surface area (TPSA) is 12.0 Å². The predicted molar refractivity (Wildman–Crippen MR) is 79.0 cm³/mol. The maximum Gasteiger partial charge on any atom is 0.390 e. The first-order chi connectivity index (χ1) is 10.0. The van der Waals surface area contributed by atoms with E-state index in [1.165, 1.54) is 18.4 Å². The van der Waals surface area contributed by atoms with Crippen molar-refractivity contribution in [3.63, 3.8) is 0 Å². The van der Waals surface area contributed by atoms with Crippen LogP contribution in [-0.4, -0.2) is 12.7 Å². The Bertz CT molecular complexity index is 451. The first-order valence-electron chi connectivity index (χ1n) is 7.57. The Morgan fingerprint density at radius 1 is 1.10 bits per heavy atom. The van der Waals surface area contributed by atoms with E-state index in [1.54, 1.807) is 24.3 Å². The molecule has 0 fully saturated rings. The first kappa shape index (κ1) is 16.1. The summed E-state index contributed by atoms with van der Waals surface area (Å²) in [6.45, 7) is 0.599. The molecule has 0 saturated heterocycles. The van der Waals surface area contributed by atoms with Crippen LogP contribution in [0.4, 0.5) is 13.2 Å². The van der Waals surface area contributed by atoms with Crippen LogP contribution in [0.25, 0.3) is 0 Å². The summed E-state index contributed by atoms with van der Waals surface area (Å²) in [6, 6.07) is 8.23. The second-order valence-corrected chi connectivity index (χ2v) is 5.59. The Balaban J connectivity index is 1.91. The second-order valence-electron chi connectivity index (χ2n) is 5.59. The van der Waals surface area contributed by atoms with Crippen molar-refractivity contribution in [1.82, 2.24) is 5.32 Å². The van der Waals surface area contributed by atoms with Crippen molar-refractivity contribution >= 4 is 0 Å². The molecule has 1 N–H and O–H groups in total. The van der Waals surface area contributed by atoms with Gasteiger partial charge in [0.25, 0.3) is 0 Å². The smallest absolute Gasteiger partial charge is 0.309 e. The lowest BCUT2D eigenvalue weighted by atomic mass is 9.97. The van der Waals surface area contributed by atoms with Crippen LogP contribution in [0.2, 0.25) is 0 Å². The lowest BCUT2D eigenvalue weighted by Crippen LogP contribution is -2.27. The van der Waals surface area contributed by atoms with Gasteiger partial charge in [0.05, 0.1) is 6.42 Å². The lowest BCUT2D eigenvalue weighted by molar-refractivity contribution is -0.140. The predicted octanol–water partition coefficient (Wildman–Crippen LogP) is 5.16. The van der Waals surface area contributed by atoms with E-state index in [0.717, 1.165) is 19.3 Å². The molecule has 1 aliphatic carbocycles. The number of nitrogens with one attached hydrogen (secondary N) is 1. The summed E-state index contributed by atoms with van der Waals surface area (Å²) < 4.78 is 38.2. The van der Waals surface area contributed by atoms with E-state index in [-0.39, 0.29) is 0 Å². The third-order valence-electron chi connectivity index (χ3n) is 3.86. The Morgan fingerprint density at radius 3 is 2.48 bits per heavy atom.